The quantitative estimate of drug-likeness (QED) is 0.729. The zero-order chi connectivity index (χ0) is 15.1. The summed E-state index contributed by atoms with van der Waals surface area (Å²) in [4.78, 5) is 12.4. The van der Waals surface area contributed by atoms with Crippen LogP contribution in [0, 0.1) is 17.8 Å². The summed E-state index contributed by atoms with van der Waals surface area (Å²) in [6, 6.07) is 0. The first kappa shape index (κ1) is 15.7. The molecule has 0 saturated carbocycles. The Hall–Kier alpha value is -0.650. The van der Waals surface area contributed by atoms with Crippen LogP contribution in [0.25, 0.3) is 0 Å². The van der Waals surface area contributed by atoms with E-state index in [0.717, 1.165) is 0 Å². The zero-order valence-electron chi connectivity index (χ0n) is 13.3. The number of carbonyl (C=O) groups is 1. The van der Waals surface area contributed by atoms with Gasteiger partial charge in [-0.25, -0.2) is 0 Å². The van der Waals surface area contributed by atoms with Gasteiger partial charge in [0.25, 0.3) is 5.79 Å². The second-order valence-electron chi connectivity index (χ2n) is 6.91. The monoisotopic (exact) mass is 286 g/mol. The van der Waals surface area contributed by atoms with Crippen LogP contribution in [0.2, 0.25) is 0 Å². The molecule has 116 valence electrons. The highest BCUT2D eigenvalue weighted by Crippen LogP contribution is 2.38. The van der Waals surface area contributed by atoms with Gasteiger partial charge in [-0.2, -0.15) is 0 Å². The summed E-state index contributed by atoms with van der Waals surface area (Å²) < 4.78 is 22.9. The lowest BCUT2D eigenvalue weighted by molar-refractivity contribution is -0.393. The zero-order valence-corrected chi connectivity index (χ0v) is 13.3. The van der Waals surface area contributed by atoms with Gasteiger partial charge in [0, 0.05) is 0 Å². The van der Waals surface area contributed by atoms with Crippen molar-refractivity contribution in [3.05, 3.63) is 0 Å². The Kier molecular flexibility index (Phi) is 4.15. The third-order valence-electron chi connectivity index (χ3n) is 3.92. The van der Waals surface area contributed by atoms with Crippen LogP contribution in [0.4, 0.5) is 0 Å². The van der Waals surface area contributed by atoms with Gasteiger partial charge in [0.1, 0.15) is 13.2 Å². The Morgan fingerprint density at radius 2 is 1.60 bits per heavy atom. The Morgan fingerprint density at radius 1 is 1.05 bits per heavy atom. The summed E-state index contributed by atoms with van der Waals surface area (Å²) in [7, 11) is 0. The molecule has 2 fully saturated rings. The van der Waals surface area contributed by atoms with E-state index in [9.17, 15) is 4.79 Å². The Labute approximate surface area is 120 Å². The van der Waals surface area contributed by atoms with Gasteiger partial charge >= 0.3 is 5.97 Å². The van der Waals surface area contributed by atoms with Crippen molar-refractivity contribution in [1.82, 2.24) is 0 Å². The standard InChI is InChI=1S/C15H26O5/c1-9(2)11-12(10(3)4)19-15(20-13(11)16)7-17-14(5,6)18-8-15/h9-12H,7-8H2,1-6H3. The van der Waals surface area contributed by atoms with Crippen LogP contribution in [-0.2, 0) is 23.7 Å². The number of ether oxygens (including phenoxy) is 4. The highest BCUT2D eigenvalue weighted by Gasteiger charge is 2.53. The molecule has 2 unspecified atom stereocenters. The van der Waals surface area contributed by atoms with Crippen molar-refractivity contribution in [2.24, 2.45) is 17.8 Å². The SMILES string of the molecule is CC(C)C1OC2(COC(C)(C)OC2)OC(=O)C1C(C)C. The lowest BCUT2D eigenvalue weighted by Crippen LogP contribution is -2.62. The predicted molar refractivity (Wildman–Crippen MR) is 72.8 cm³/mol. The van der Waals surface area contributed by atoms with Crippen molar-refractivity contribution in [2.75, 3.05) is 13.2 Å². The van der Waals surface area contributed by atoms with Crippen molar-refractivity contribution in [3.63, 3.8) is 0 Å². The lowest BCUT2D eigenvalue weighted by Gasteiger charge is -2.49. The molecule has 1 spiro atoms. The molecule has 2 atom stereocenters. The highest BCUT2D eigenvalue weighted by molar-refractivity contribution is 5.74. The highest BCUT2D eigenvalue weighted by atomic mass is 16.8. The predicted octanol–water partition coefficient (Wildman–Crippen LogP) is 2.34. The fraction of sp³-hybridized carbons (Fsp3) is 0.933. The minimum atomic E-state index is -1.09. The van der Waals surface area contributed by atoms with Crippen LogP contribution >= 0.6 is 0 Å². The first-order valence-electron chi connectivity index (χ1n) is 7.34. The molecule has 0 aromatic carbocycles. The van der Waals surface area contributed by atoms with Crippen LogP contribution in [0.5, 0.6) is 0 Å². The van der Waals surface area contributed by atoms with Crippen molar-refractivity contribution < 1.29 is 23.7 Å². The number of rotatable bonds is 2. The smallest absolute Gasteiger partial charge is 0.314 e. The van der Waals surface area contributed by atoms with Crippen molar-refractivity contribution in [3.8, 4) is 0 Å². The maximum Gasteiger partial charge on any atom is 0.314 e. The van der Waals surface area contributed by atoms with Gasteiger partial charge in [-0.15, -0.1) is 0 Å². The second kappa shape index (κ2) is 5.28. The third-order valence-corrected chi connectivity index (χ3v) is 3.92. The first-order chi connectivity index (χ1) is 9.16. The van der Waals surface area contributed by atoms with E-state index in [1.807, 2.05) is 27.7 Å². The van der Waals surface area contributed by atoms with E-state index in [4.69, 9.17) is 18.9 Å². The minimum Gasteiger partial charge on any atom is -0.428 e. The molecule has 0 bridgehead atoms. The molecule has 0 radical (unpaired) electrons. The summed E-state index contributed by atoms with van der Waals surface area (Å²) >= 11 is 0. The maximum atomic E-state index is 12.4. The van der Waals surface area contributed by atoms with Gasteiger partial charge in [0.15, 0.2) is 5.79 Å². The van der Waals surface area contributed by atoms with E-state index < -0.39 is 11.6 Å². The Morgan fingerprint density at radius 3 is 2.05 bits per heavy atom. The van der Waals surface area contributed by atoms with Crippen LogP contribution < -0.4 is 0 Å². The van der Waals surface area contributed by atoms with E-state index in [-0.39, 0.29) is 43.0 Å². The second-order valence-corrected chi connectivity index (χ2v) is 6.91. The van der Waals surface area contributed by atoms with Crippen molar-refractivity contribution in [1.29, 1.82) is 0 Å². The molecule has 2 aliphatic heterocycles. The number of esters is 1. The molecule has 2 saturated heterocycles. The minimum absolute atomic E-state index is 0.175. The molecule has 5 heteroatoms. The largest absolute Gasteiger partial charge is 0.428 e. The van der Waals surface area contributed by atoms with E-state index in [1.54, 1.807) is 0 Å². The topological polar surface area (TPSA) is 54.0 Å². The molecule has 2 heterocycles. The van der Waals surface area contributed by atoms with Gasteiger partial charge in [0.2, 0.25) is 0 Å². The number of hydrogen-bond acceptors (Lipinski definition) is 5. The van der Waals surface area contributed by atoms with Gasteiger partial charge in [-0.1, -0.05) is 27.7 Å². The fourth-order valence-electron chi connectivity index (χ4n) is 2.71. The summed E-state index contributed by atoms with van der Waals surface area (Å²) in [5.74, 6) is -1.81. The average molecular weight is 286 g/mol. The summed E-state index contributed by atoms with van der Waals surface area (Å²) in [6.07, 6.45) is -0.176. The Balaban J connectivity index is 2.18. The molecule has 5 nitrogen and oxygen atoms in total. The molecular weight excluding hydrogens is 260 g/mol. The summed E-state index contributed by atoms with van der Waals surface area (Å²) in [5.41, 5.74) is 0. The lowest BCUT2D eigenvalue weighted by atomic mass is 9.83. The van der Waals surface area contributed by atoms with Crippen molar-refractivity contribution in [2.45, 2.75) is 59.2 Å². The van der Waals surface area contributed by atoms with Crippen LogP contribution in [0.15, 0.2) is 0 Å². The molecule has 0 aliphatic carbocycles. The van der Waals surface area contributed by atoms with Crippen molar-refractivity contribution >= 4 is 5.97 Å². The van der Waals surface area contributed by atoms with Crippen LogP contribution in [0.3, 0.4) is 0 Å². The summed E-state index contributed by atoms with van der Waals surface area (Å²) in [5, 5.41) is 0. The van der Waals surface area contributed by atoms with E-state index in [1.165, 1.54) is 0 Å². The molecule has 0 amide bonds. The van der Waals surface area contributed by atoms with Crippen LogP contribution in [-0.4, -0.2) is 36.9 Å². The normalized spacial score (nSPS) is 32.7. The van der Waals surface area contributed by atoms with Gasteiger partial charge < -0.3 is 18.9 Å². The van der Waals surface area contributed by atoms with E-state index in [2.05, 4.69) is 13.8 Å². The molecule has 20 heavy (non-hydrogen) atoms. The fourth-order valence-corrected chi connectivity index (χ4v) is 2.71. The third kappa shape index (κ3) is 3.00. The average Bonchev–Trinajstić information content (AvgIpc) is 2.32. The number of hydrogen-bond donors (Lipinski definition) is 0. The first-order valence-corrected chi connectivity index (χ1v) is 7.34. The number of carbonyl (C=O) groups excluding carboxylic acids is 1. The summed E-state index contributed by atoms with van der Waals surface area (Å²) in [6.45, 7) is 12.2. The molecule has 2 aliphatic rings. The van der Waals surface area contributed by atoms with Crippen LogP contribution in [0.1, 0.15) is 41.5 Å². The molecule has 0 N–H and O–H groups in total. The van der Waals surface area contributed by atoms with Gasteiger partial charge in [0.05, 0.1) is 12.0 Å². The van der Waals surface area contributed by atoms with E-state index >= 15 is 0 Å². The molecular formula is C15H26O5. The van der Waals surface area contributed by atoms with E-state index in [0.29, 0.717) is 0 Å². The Bertz CT molecular complexity index is 364. The molecule has 0 aromatic heterocycles. The van der Waals surface area contributed by atoms with Gasteiger partial charge in [-0.3, -0.25) is 4.79 Å². The maximum absolute atomic E-state index is 12.4. The van der Waals surface area contributed by atoms with Gasteiger partial charge in [-0.05, 0) is 25.7 Å². The molecule has 0 aromatic rings. The molecule has 2 rings (SSSR count).